The van der Waals surface area contributed by atoms with Gasteiger partial charge >= 0.3 is 0 Å². The lowest BCUT2D eigenvalue weighted by molar-refractivity contribution is 0.101. The van der Waals surface area contributed by atoms with E-state index in [9.17, 15) is 4.79 Å². The molecule has 0 radical (unpaired) electrons. The first-order valence-corrected chi connectivity index (χ1v) is 10.1. The maximum atomic E-state index is 12.9. The number of carbonyl (C=O) groups excluding carboxylic acids is 1. The minimum atomic E-state index is -0.425. The molecular formula is C22H15Cl3N4O. The SMILES string of the molecule is Cc1ccccc1NC(=O)c1nc(-c2cccc(Cl)c2)n(-c2ccc(Cl)c(Cl)c2)n1. The van der Waals surface area contributed by atoms with Crippen LogP contribution in [0.3, 0.4) is 0 Å². The molecule has 3 aromatic carbocycles. The van der Waals surface area contributed by atoms with E-state index in [4.69, 9.17) is 34.8 Å². The predicted octanol–water partition coefficient (Wildman–Crippen LogP) is 6.46. The molecule has 0 aliphatic heterocycles. The number of halogens is 3. The molecule has 0 fully saturated rings. The number of para-hydroxylation sites is 1. The summed E-state index contributed by atoms with van der Waals surface area (Å²) in [6.45, 7) is 1.91. The van der Waals surface area contributed by atoms with Crippen molar-refractivity contribution in [3.05, 3.63) is 93.2 Å². The minimum absolute atomic E-state index is 0.0132. The highest BCUT2D eigenvalue weighted by Gasteiger charge is 2.20. The number of aromatic nitrogens is 3. The Bertz CT molecular complexity index is 1250. The average molecular weight is 458 g/mol. The molecule has 0 unspecified atom stereocenters. The zero-order valence-corrected chi connectivity index (χ0v) is 18.0. The molecular weight excluding hydrogens is 443 g/mol. The van der Waals surface area contributed by atoms with E-state index < -0.39 is 5.91 Å². The molecule has 30 heavy (non-hydrogen) atoms. The molecule has 4 aromatic rings. The van der Waals surface area contributed by atoms with Crippen LogP contribution >= 0.6 is 34.8 Å². The maximum Gasteiger partial charge on any atom is 0.295 e. The number of aryl methyl sites for hydroxylation is 1. The summed E-state index contributed by atoms with van der Waals surface area (Å²) in [5.74, 6) is 0.0384. The number of nitrogens with zero attached hydrogens (tertiary/aromatic N) is 3. The first kappa shape index (κ1) is 20.4. The van der Waals surface area contributed by atoms with Crippen molar-refractivity contribution in [1.29, 1.82) is 0 Å². The maximum absolute atomic E-state index is 12.9. The quantitative estimate of drug-likeness (QED) is 0.383. The van der Waals surface area contributed by atoms with Gasteiger partial charge in [-0.25, -0.2) is 9.67 Å². The first-order chi connectivity index (χ1) is 14.4. The van der Waals surface area contributed by atoms with Gasteiger partial charge in [0, 0.05) is 16.3 Å². The summed E-state index contributed by atoms with van der Waals surface area (Å²) < 4.78 is 1.54. The van der Waals surface area contributed by atoms with Gasteiger partial charge in [0.25, 0.3) is 5.91 Å². The highest BCUT2D eigenvalue weighted by molar-refractivity contribution is 6.42. The molecule has 1 heterocycles. The molecule has 0 aliphatic carbocycles. The van der Waals surface area contributed by atoms with E-state index in [1.165, 1.54) is 0 Å². The Morgan fingerprint density at radius 2 is 1.73 bits per heavy atom. The fourth-order valence-electron chi connectivity index (χ4n) is 2.91. The number of rotatable bonds is 4. The van der Waals surface area contributed by atoms with Crippen molar-refractivity contribution in [1.82, 2.24) is 14.8 Å². The monoisotopic (exact) mass is 456 g/mol. The molecule has 1 amide bonds. The average Bonchev–Trinajstić information content (AvgIpc) is 3.17. The lowest BCUT2D eigenvalue weighted by Crippen LogP contribution is -2.15. The second-order valence-electron chi connectivity index (χ2n) is 6.55. The summed E-state index contributed by atoms with van der Waals surface area (Å²) >= 11 is 18.4. The van der Waals surface area contributed by atoms with E-state index in [-0.39, 0.29) is 5.82 Å². The Labute approximate surface area is 188 Å². The Hall–Kier alpha value is -2.86. The summed E-state index contributed by atoms with van der Waals surface area (Å²) in [6, 6.07) is 19.7. The van der Waals surface area contributed by atoms with Crippen LogP contribution < -0.4 is 5.32 Å². The van der Waals surface area contributed by atoms with Crippen molar-refractivity contribution >= 4 is 46.4 Å². The predicted molar refractivity (Wildman–Crippen MR) is 121 cm³/mol. The standard InChI is InChI=1S/C22H15Cl3N4O/c1-13-5-2-3-8-19(13)26-22(30)20-27-21(14-6-4-7-15(23)11-14)29(28-20)16-9-10-17(24)18(25)12-16/h2-12H,1H3,(H,26,30). The molecule has 0 aliphatic rings. The van der Waals surface area contributed by atoms with Crippen molar-refractivity contribution < 1.29 is 4.79 Å². The second-order valence-corrected chi connectivity index (χ2v) is 7.80. The molecule has 0 saturated heterocycles. The van der Waals surface area contributed by atoms with E-state index >= 15 is 0 Å². The molecule has 1 N–H and O–H groups in total. The van der Waals surface area contributed by atoms with Gasteiger partial charge in [-0.2, -0.15) is 0 Å². The summed E-state index contributed by atoms with van der Waals surface area (Å²) in [4.78, 5) is 17.3. The van der Waals surface area contributed by atoms with Crippen LogP contribution in [-0.2, 0) is 0 Å². The molecule has 1 aromatic heterocycles. The lowest BCUT2D eigenvalue weighted by atomic mass is 10.2. The zero-order chi connectivity index (χ0) is 21.3. The van der Waals surface area contributed by atoms with Gasteiger partial charge in [0.15, 0.2) is 5.82 Å². The van der Waals surface area contributed by atoms with Crippen LogP contribution in [0.15, 0.2) is 66.7 Å². The van der Waals surface area contributed by atoms with Crippen molar-refractivity contribution in [3.63, 3.8) is 0 Å². The fourth-order valence-corrected chi connectivity index (χ4v) is 3.39. The first-order valence-electron chi connectivity index (χ1n) is 8.98. The van der Waals surface area contributed by atoms with Gasteiger partial charge in [0.1, 0.15) is 0 Å². The van der Waals surface area contributed by atoms with Gasteiger partial charge in [0.2, 0.25) is 5.82 Å². The Morgan fingerprint density at radius 3 is 2.47 bits per heavy atom. The van der Waals surface area contributed by atoms with Gasteiger partial charge in [-0.3, -0.25) is 4.79 Å². The Morgan fingerprint density at radius 1 is 0.933 bits per heavy atom. The van der Waals surface area contributed by atoms with Gasteiger partial charge in [-0.15, -0.1) is 5.10 Å². The van der Waals surface area contributed by atoms with Gasteiger partial charge < -0.3 is 5.32 Å². The topological polar surface area (TPSA) is 59.8 Å². The van der Waals surface area contributed by atoms with Gasteiger partial charge in [-0.1, -0.05) is 65.1 Å². The highest BCUT2D eigenvalue weighted by atomic mass is 35.5. The fraction of sp³-hybridized carbons (Fsp3) is 0.0455. The second kappa shape index (κ2) is 8.48. The van der Waals surface area contributed by atoms with Gasteiger partial charge in [-0.05, 0) is 48.9 Å². The normalized spacial score (nSPS) is 10.8. The van der Waals surface area contributed by atoms with E-state index in [0.717, 1.165) is 5.56 Å². The number of hydrogen-bond acceptors (Lipinski definition) is 3. The lowest BCUT2D eigenvalue weighted by Gasteiger charge is -2.07. The van der Waals surface area contributed by atoms with Crippen molar-refractivity contribution in [2.45, 2.75) is 6.92 Å². The number of nitrogens with one attached hydrogen (secondary N) is 1. The largest absolute Gasteiger partial charge is 0.319 e. The third kappa shape index (κ3) is 4.19. The third-order valence-corrected chi connectivity index (χ3v) is 5.41. The summed E-state index contributed by atoms with van der Waals surface area (Å²) in [5.41, 5.74) is 2.94. The van der Waals surface area contributed by atoms with Crippen molar-refractivity contribution in [2.75, 3.05) is 5.32 Å². The number of anilines is 1. The van der Waals surface area contributed by atoms with Crippen LogP contribution in [0.5, 0.6) is 0 Å². The van der Waals surface area contributed by atoms with Crippen molar-refractivity contribution in [2.24, 2.45) is 0 Å². The molecule has 0 atom stereocenters. The number of benzene rings is 3. The molecule has 5 nitrogen and oxygen atoms in total. The Kier molecular flexibility index (Phi) is 5.77. The molecule has 8 heteroatoms. The third-order valence-electron chi connectivity index (χ3n) is 4.43. The number of hydrogen-bond donors (Lipinski definition) is 1. The zero-order valence-electron chi connectivity index (χ0n) is 15.7. The molecule has 0 spiro atoms. The van der Waals surface area contributed by atoms with Crippen LogP contribution in [0.2, 0.25) is 15.1 Å². The number of carbonyl (C=O) groups is 1. The summed E-state index contributed by atoms with van der Waals surface area (Å²) in [5, 5.41) is 8.61. The highest BCUT2D eigenvalue weighted by Crippen LogP contribution is 2.28. The van der Waals surface area contributed by atoms with Crippen molar-refractivity contribution in [3.8, 4) is 17.1 Å². The minimum Gasteiger partial charge on any atom is -0.319 e. The van der Waals surface area contributed by atoms with Crippen LogP contribution in [0, 0.1) is 6.92 Å². The van der Waals surface area contributed by atoms with Crippen LogP contribution in [-0.4, -0.2) is 20.7 Å². The van der Waals surface area contributed by atoms with Crippen LogP contribution in [0.4, 0.5) is 5.69 Å². The van der Waals surface area contributed by atoms with E-state index in [0.29, 0.717) is 37.8 Å². The smallest absolute Gasteiger partial charge is 0.295 e. The molecule has 4 rings (SSSR count). The molecule has 0 bridgehead atoms. The summed E-state index contributed by atoms with van der Waals surface area (Å²) in [6.07, 6.45) is 0. The van der Waals surface area contributed by atoms with E-state index in [2.05, 4.69) is 15.4 Å². The number of amides is 1. The van der Waals surface area contributed by atoms with E-state index in [1.54, 1.807) is 41.1 Å². The summed E-state index contributed by atoms with van der Waals surface area (Å²) in [7, 11) is 0. The van der Waals surface area contributed by atoms with Gasteiger partial charge in [0.05, 0.1) is 15.7 Å². The molecule has 0 saturated carbocycles. The van der Waals surface area contributed by atoms with E-state index in [1.807, 2.05) is 37.3 Å². The Balaban J connectivity index is 1.80. The van der Waals surface area contributed by atoms with Crippen LogP contribution in [0.1, 0.15) is 16.2 Å². The van der Waals surface area contributed by atoms with Crippen LogP contribution in [0.25, 0.3) is 17.1 Å². The molecule has 150 valence electrons.